The quantitative estimate of drug-likeness (QED) is 0.373. The molecule has 0 bridgehead atoms. The molecule has 10 heavy (non-hydrogen) atoms. The normalized spacial score (nSPS) is 5.40. The molecule has 2 N–H and O–H groups in total. The molecule has 0 fully saturated rings. The topological polar surface area (TPSA) is 133 Å². The number of hydrogen-bond donors (Lipinski definition) is 2. The predicted molar refractivity (Wildman–Crippen MR) is 27.5 cm³/mol. The Morgan fingerprint density at radius 2 is 0.800 bits per heavy atom. The smallest absolute Gasteiger partial charge is 0.907 e. The van der Waals surface area contributed by atoms with Crippen LogP contribution in [0, 0.1) is 0 Å². The zero-order valence-electron chi connectivity index (χ0n) is 5.10. The van der Waals surface area contributed by atoms with Crippen molar-refractivity contribution in [3.05, 3.63) is 0 Å². The maximum Gasteiger partial charge on any atom is 2.00 e. The molecule has 0 spiro atoms. The molecule has 0 unspecified atom stereocenters. The van der Waals surface area contributed by atoms with Crippen LogP contribution < -0.4 is 20.1 Å². The summed E-state index contributed by atoms with van der Waals surface area (Å²) in [6.45, 7) is 0. The molecule has 0 aliphatic carbocycles. The molecule has 0 aromatic rings. The summed E-state index contributed by atoms with van der Waals surface area (Å²) in [6.07, 6.45) is 0. The van der Waals surface area contributed by atoms with Crippen molar-refractivity contribution in [3.8, 4) is 0 Å². The predicted octanol–water partition coefficient (Wildman–Crippen LogP) is -7.39. The molecular weight excluding hydrogens is 198 g/mol. The van der Waals surface area contributed by atoms with Crippen molar-refractivity contribution in [2.24, 2.45) is 0 Å². The van der Waals surface area contributed by atoms with Gasteiger partial charge in [0.25, 0.3) is 0 Å². The Morgan fingerprint density at radius 3 is 0.800 bits per heavy atom. The van der Waals surface area contributed by atoms with Crippen LogP contribution >= 0.6 is 0 Å². The minimum absolute atomic E-state index is 0. The summed E-state index contributed by atoms with van der Waals surface area (Å²) in [6, 6.07) is 0. The third kappa shape index (κ3) is 159. The van der Waals surface area contributed by atoms with Crippen LogP contribution in [-0.2, 0) is 0 Å². The van der Waals surface area contributed by atoms with Crippen LogP contribution in [0.15, 0.2) is 0 Å². The summed E-state index contributed by atoms with van der Waals surface area (Å²) in [5, 5.41) is 48.0. The second kappa shape index (κ2) is 17.5. The van der Waals surface area contributed by atoms with Gasteiger partial charge in [-0.2, -0.15) is 0 Å². The maximum absolute atomic E-state index is 8.64. The Hall–Kier alpha value is 2.41. The molecule has 0 saturated carbocycles. The van der Waals surface area contributed by atoms with E-state index < -0.39 is 14.6 Å². The third-order valence-electron chi connectivity index (χ3n) is 0. The van der Waals surface area contributed by atoms with E-state index >= 15 is 0 Å². The second-order valence-corrected chi connectivity index (χ2v) is 0.615. The third-order valence-corrected chi connectivity index (χ3v) is 0. The van der Waals surface area contributed by atoms with Crippen LogP contribution in [0.2, 0.25) is 0 Å². The van der Waals surface area contributed by atoms with Crippen molar-refractivity contribution in [2.75, 3.05) is 0 Å². The van der Waals surface area contributed by atoms with Gasteiger partial charge in [-0.15, -0.1) is 0 Å². The van der Waals surface area contributed by atoms with E-state index in [0.717, 1.165) is 0 Å². The van der Waals surface area contributed by atoms with Crippen LogP contribution in [0.1, 0.15) is 0 Å². The fourth-order valence-corrected chi connectivity index (χ4v) is 0. The molecule has 6 nitrogen and oxygen atoms in total. The minimum atomic E-state index is -2.92. The summed E-state index contributed by atoms with van der Waals surface area (Å²) >= 11 is 0. The van der Waals surface area contributed by atoms with Crippen LogP contribution in [0.25, 0.3) is 0 Å². The fourth-order valence-electron chi connectivity index (χ4n) is 0. The van der Waals surface area contributed by atoms with E-state index in [1.54, 1.807) is 0 Å². The van der Waals surface area contributed by atoms with Gasteiger partial charge in [-0.3, -0.25) is 7.32 Å². The van der Waals surface area contributed by atoms with Crippen LogP contribution in [0.5, 0.6) is 0 Å². The molecule has 0 aliphatic rings. The fraction of sp³-hybridized carbons (Fsp3) is 0. The average Bonchev–Trinajstić information content (AvgIpc) is 1.25. The first-order chi connectivity index (χ1) is 3.46. The molecule has 0 aliphatic heterocycles. The molecule has 0 aromatic heterocycles. The van der Waals surface area contributed by atoms with E-state index in [9.17, 15) is 0 Å². The van der Waals surface area contributed by atoms with Gasteiger partial charge in [0.1, 0.15) is 0 Å². The van der Waals surface area contributed by atoms with E-state index in [1.807, 2.05) is 0 Å². The van der Waals surface area contributed by atoms with Crippen LogP contribution in [0.4, 0.5) is 0 Å². The van der Waals surface area contributed by atoms with E-state index in [-0.39, 0.29) is 75.5 Å². The van der Waals surface area contributed by atoms with Gasteiger partial charge in [-0.05, 0) is 0 Å². The van der Waals surface area contributed by atoms with Gasteiger partial charge in [-0.1, -0.05) is 0 Å². The van der Waals surface area contributed by atoms with E-state index in [2.05, 4.69) is 0 Å². The van der Waals surface area contributed by atoms with Gasteiger partial charge >= 0.3 is 82.8 Å². The van der Waals surface area contributed by atoms with Crippen molar-refractivity contribution in [1.29, 1.82) is 0 Å². The first-order valence-electron chi connectivity index (χ1n) is 1.46. The Morgan fingerprint density at radius 1 is 0.800 bits per heavy atom. The zero-order chi connectivity index (χ0) is 7.15. The summed E-state index contributed by atoms with van der Waals surface area (Å²) in [7, 11) is -5.33. The molecule has 0 aromatic carbocycles. The Labute approximate surface area is 118 Å². The van der Waals surface area contributed by atoms with Gasteiger partial charge in [0, 0.05) is 0 Å². The summed E-state index contributed by atoms with van der Waals surface area (Å²) in [5.41, 5.74) is 0. The van der Waals surface area contributed by atoms with Crippen LogP contribution in [-0.4, -0.2) is 100 Å². The van der Waals surface area contributed by atoms with Crippen molar-refractivity contribution in [2.45, 2.75) is 0 Å². The molecule has 0 radical (unpaired) electrons. The van der Waals surface area contributed by atoms with Crippen molar-refractivity contribution in [1.82, 2.24) is 0 Å². The Bertz CT molecular complexity index is 29.2. The maximum atomic E-state index is 8.64. The van der Waals surface area contributed by atoms with E-state index in [0.29, 0.717) is 0 Å². The van der Waals surface area contributed by atoms with Crippen LogP contribution in [0.3, 0.4) is 0 Å². The van der Waals surface area contributed by atoms with Crippen molar-refractivity contribution >= 4 is 90.1 Å². The average molecular weight is 200 g/mol. The summed E-state index contributed by atoms with van der Waals surface area (Å²) < 4.78 is 0. The molecule has 10 heteroatoms. The molecule has 0 atom stereocenters. The molecule has 0 amide bonds. The van der Waals surface area contributed by atoms with Gasteiger partial charge in [0.05, 0.1) is 0 Å². The standard InChI is InChI=1S/BH2O3.BO3.2Ca/c2*2-1(3)4;;/h2-3H;;;/q-1;-3;2*+2. The summed E-state index contributed by atoms with van der Waals surface area (Å²) in [5.74, 6) is 0. The van der Waals surface area contributed by atoms with E-state index in [4.69, 9.17) is 30.1 Å². The van der Waals surface area contributed by atoms with Gasteiger partial charge in [0.15, 0.2) is 0 Å². The molecule has 0 rings (SSSR count). The zero-order valence-corrected chi connectivity index (χ0v) is 9.51. The van der Waals surface area contributed by atoms with Gasteiger partial charge < -0.3 is 30.1 Å². The van der Waals surface area contributed by atoms with Gasteiger partial charge in [-0.25, -0.2) is 0 Å². The monoisotopic (exact) mass is 200 g/mol. The van der Waals surface area contributed by atoms with E-state index in [1.165, 1.54) is 0 Å². The van der Waals surface area contributed by atoms with Crippen molar-refractivity contribution in [3.63, 3.8) is 0 Å². The summed E-state index contributed by atoms with van der Waals surface area (Å²) in [4.78, 5) is 0. The largest absolute Gasteiger partial charge is 2.00 e. The second-order valence-electron chi connectivity index (χ2n) is 0.615. The molecule has 0 heterocycles. The SMILES string of the molecule is [Ca+2].[Ca+2].[O-]B(O)O.[O-]B([O-])[O-]. The first-order valence-corrected chi connectivity index (χ1v) is 1.46. The van der Waals surface area contributed by atoms with Crippen molar-refractivity contribution < 1.29 is 30.1 Å². The Kier molecular flexibility index (Phi) is 39.9. The minimum Gasteiger partial charge on any atom is -0.907 e. The molecule has 48 valence electrons. The number of hydrogen-bond acceptors (Lipinski definition) is 6. The molecule has 0 saturated heterocycles. The number of rotatable bonds is 0. The Balaban J connectivity index is -0.0000000300. The first kappa shape index (κ1) is 22.8. The molecular formula is H2B2Ca2O6. The van der Waals surface area contributed by atoms with Gasteiger partial charge in [0.2, 0.25) is 0 Å².